The van der Waals surface area contributed by atoms with Crippen LogP contribution in [0.1, 0.15) is 32.0 Å². The Morgan fingerprint density at radius 3 is 2.86 bits per heavy atom. The molecule has 0 amide bonds. The van der Waals surface area contributed by atoms with Gasteiger partial charge >= 0.3 is 5.97 Å². The molecule has 1 atom stereocenters. The van der Waals surface area contributed by atoms with Gasteiger partial charge in [0.1, 0.15) is 0 Å². The van der Waals surface area contributed by atoms with Crippen LogP contribution in [-0.4, -0.2) is 33.5 Å². The van der Waals surface area contributed by atoms with Crippen molar-refractivity contribution in [2.24, 2.45) is 5.41 Å². The number of aromatic amines is 1. The summed E-state index contributed by atoms with van der Waals surface area (Å²) in [6, 6.07) is 8.73. The maximum atomic E-state index is 11.4. The molecule has 0 spiro atoms. The number of aliphatic carboxylic acids is 1. The summed E-state index contributed by atoms with van der Waals surface area (Å²) in [5.41, 5.74) is 3.07. The number of carboxylic acids is 1. The molecule has 2 heterocycles. The van der Waals surface area contributed by atoms with Gasteiger partial charge in [0.2, 0.25) is 0 Å². The van der Waals surface area contributed by atoms with E-state index >= 15 is 0 Å². The van der Waals surface area contributed by atoms with Crippen molar-refractivity contribution >= 4 is 16.9 Å². The third-order valence-corrected chi connectivity index (χ3v) is 4.56. The van der Waals surface area contributed by atoms with Gasteiger partial charge in [-0.25, -0.2) is 0 Å². The van der Waals surface area contributed by atoms with Gasteiger partial charge in [0, 0.05) is 35.7 Å². The minimum Gasteiger partial charge on any atom is -0.481 e. The summed E-state index contributed by atoms with van der Waals surface area (Å²) >= 11 is 0. The van der Waals surface area contributed by atoms with Crippen molar-refractivity contribution in [2.45, 2.75) is 39.8 Å². The molecular weight excluding hydrogens is 264 g/mol. The van der Waals surface area contributed by atoms with Gasteiger partial charge in [-0.05, 0) is 38.8 Å². The molecule has 0 fully saturated rings. The van der Waals surface area contributed by atoms with Gasteiger partial charge in [-0.1, -0.05) is 18.2 Å². The molecule has 2 aromatic rings. The van der Waals surface area contributed by atoms with E-state index < -0.39 is 11.4 Å². The van der Waals surface area contributed by atoms with Crippen LogP contribution in [0.4, 0.5) is 0 Å². The highest BCUT2D eigenvalue weighted by atomic mass is 16.4. The molecule has 1 aliphatic rings. The highest BCUT2D eigenvalue weighted by Crippen LogP contribution is 2.31. The molecule has 4 nitrogen and oxygen atoms in total. The fraction of sp³-hybridized carbons (Fsp3) is 0.471. The molecule has 0 aliphatic carbocycles. The summed E-state index contributed by atoms with van der Waals surface area (Å²) in [6.07, 6.45) is 0.967. The first-order valence-corrected chi connectivity index (χ1v) is 7.44. The standard InChI is InChI=1S/C17H22N2O2/c1-11-8-13-12-6-4-5-7-14(12)18-15(13)9-19(11)10-17(2,3)16(20)21/h4-7,11,18H,8-10H2,1-3H3,(H,20,21)/t11-/m1/s1. The van der Waals surface area contributed by atoms with Crippen molar-refractivity contribution in [3.63, 3.8) is 0 Å². The Morgan fingerprint density at radius 2 is 2.14 bits per heavy atom. The SMILES string of the molecule is C[C@@H]1Cc2c([nH]c3ccccc23)CN1CC(C)(C)C(=O)O. The van der Waals surface area contributed by atoms with Crippen LogP contribution in [0.3, 0.4) is 0 Å². The van der Waals surface area contributed by atoms with Crippen molar-refractivity contribution in [2.75, 3.05) is 6.54 Å². The normalized spacial score (nSPS) is 19.7. The van der Waals surface area contributed by atoms with E-state index in [2.05, 4.69) is 35.0 Å². The molecule has 0 saturated heterocycles. The molecule has 1 aliphatic heterocycles. The van der Waals surface area contributed by atoms with E-state index in [-0.39, 0.29) is 0 Å². The summed E-state index contributed by atoms with van der Waals surface area (Å²) < 4.78 is 0. The zero-order valence-electron chi connectivity index (χ0n) is 12.8. The van der Waals surface area contributed by atoms with E-state index in [1.165, 1.54) is 22.2 Å². The van der Waals surface area contributed by atoms with E-state index in [1.807, 2.05) is 6.07 Å². The molecule has 21 heavy (non-hydrogen) atoms. The molecule has 0 radical (unpaired) electrons. The smallest absolute Gasteiger partial charge is 0.310 e. The third-order valence-electron chi connectivity index (χ3n) is 4.56. The number of hydrogen-bond acceptors (Lipinski definition) is 2. The highest BCUT2D eigenvalue weighted by Gasteiger charge is 2.34. The molecule has 112 valence electrons. The van der Waals surface area contributed by atoms with Gasteiger partial charge in [-0.3, -0.25) is 9.69 Å². The van der Waals surface area contributed by atoms with Gasteiger partial charge in [0.15, 0.2) is 0 Å². The second-order valence-electron chi connectivity index (χ2n) is 6.77. The van der Waals surface area contributed by atoms with Gasteiger partial charge in [-0.2, -0.15) is 0 Å². The Morgan fingerprint density at radius 1 is 1.43 bits per heavy atom. The van der Waals surface area contributed by atoms with Crippen LogP contribution in [-0.2, 0) is 17.8 Å². The maximum Gasteiger partial charge on any atom is 0.310 e. The lowest BCUT2D eigenvalue weighted by molar-refractivity contribution is -0.148. The predicted molar refractivity (Wildman–Crippen MR) is 83.3 cm³/mol. The van der Waals surface area contributed by atoms with Crippen LogP contribution in [0.25, 0.3) is 10.9 Å². The second kappa shape index (κ2) is 4.88. The zero-order valence-corrected chi connectivity index (χ0v) is 12.8. The fourth-order valence-corrected chi connectivity index (χ4v) is 3.19. The van der Waals surface area contributed by atoms with Crippen molar-refractivity contribution in [3.8, 4) is 0 Å². The lowest BCUT2D eigenvalue weighted by Crippen LogP contribution is -2.45. The number of nitrogens with zero attached hydrogens (tertiary/aromatic N) is 1. The Hall–Kier alpha value is -1.81. The van der Waals surface area contributed by atoms with Crippen LogP contribution in [0.5, 0.6) is 0 Å². The van der Waals surface area contributed by atoms with Gasteiger partial charge < -0.3 is 10.1 Å². The maximum absolute atomic E-state index is 11.4. The predicted octanol–water partition coefficient (Wildman–Crippen LogP) is 3.03. The number of hydrogen-bond donors (Lipinski definition) is 2. The lowest BCUT2D eigenvalue weighted by Gasteiger charge is -2.37. The average molecular weight is 286 g/mol. The molecule has 4 heteroatoms. The molecule has 0 bridgehead atoms. The first-order chi connectivity index (χ1) is 9.88. The Kier molecular flexibility index (Phi) is 3.29. The topological polar surface area (TPSA) is 56.3 Å². The molecular formula is C17H22N2O2. The van der Waals surface area contributed by atoms with Gasteiger partial charge in [-0.15, -0.1) is 0 Å². The molecule has 0 saturated carbocycles. The number of fused-ring (bicyclic) bond motifs is 3. The second-order valence-corrected chi connectivity index (χ2v) is 6.77. The minimum atomic E-state index is -0.739. The summed E-state index contributed by atoms with van der Waals surface area (Å²) in [6.45, 7) is 7.13. The van der Waals surface area contributed by atoms with Crippen molar-refractivity contribution in [1.82, 2.24) is 9.88 Å². The fourth-order valence-electron chi connectivity index (χ4n) is 3.19. The third kappa shape index (κ3) is 2.44. The number of nitrogens with one attached hydrogen (secondary N) is 1. The average Bonchev–Trinajstić information content (AvgIpc) is 2.76. The molecule has 1 aromatic heterocycles. The number of H-pyrrole nitrogens is 1. The van der Waals surface area contributed by atoms with Crippen molar-refractivity contribution in [3.05, 3.63) is 35.5 Å². The van der Waals surface area contributed by atoms with Crippen molar-refractivity contribution < 1.29 is 9.90 Å². The van der Waals surface area contributed by atoms with Crippen LogP contribution >= 0.6 is 0 Å². The van der Waals surface area contributed by atoms with Crippen LogP contribution in [0.15, 0.2) is 24.3 Å². The van der Waals surface area contributed by atoms with Gasteiger partial charge in [0.25, 0.3) is 0 Å². The summed E-state index contributed by atoms with van der Waals surface area (Å²) in [7, 11) is 0. The largest absolute Gasteiger partial charge is 0.481 e. The molecule has 0 unspecified atom stereocenters. The number of carboxylic acid groups (broad SMARTS) is 1. The quantitative estimate of drug-likeness (QED) is 0.912. The monoisotopic (exact) mass is 286 g/mol. The van der Waals surface area contributed by atoms with E-state index in [0.717, 1.165) is 13.0 Å². The van der Waals surface area contributed by atoms with E-state index in [4.69, 9.17) is 0 Å². The first-order valence-electron chi connectivity index (χ1n) is 7.44. The molecule has 1 aromatic carbocycles. The van der Waals surface area contributed by atoms with E-state index in [1.54, 1.807) is 13.8 Å². The zero-order chi connectivity index (χ0) is 15.2. The van der Waals surface area contributed by atoms with Crippen LogP contribution < -0.4 is 0 Å². The number of carbonyl (C=O) groups is 1. The first kappa shape index (κ1) is 14.1. The van der Waals surface area contributed by atoms with Gasteiger partial charge in [0.05, 0.1) is 5.41 Å². The Bertz CT molecular complexity index is 687. The Balaban J connectivity index is 1.90. The summed E-state index contributed by atoms with van der Waals surface area (Å²) in [4.78, 5) is 17.1. The number of benzene rings is 1. The van der Waals surface area contributed by atoms with E-state index in [0.29, 0.717) is 12.6 Å². The summed E-state index contributed by atoms with van der Waals surface area (Å²) in [5.74, 6) is -0.739. The van der Waals surface area contributed by atoms with Crippen molar-refractivity contribution in [1.29, 1.82) is 0 Å². The number of para-hydroxylation sites is 1. The highest BCUT2D eigenvalue weighted by molar-refractivity contribution is 5.85. The van der Waals surface area contributed by atoms with Crippen LogP contribution in [0, 0.1) is 5.41 Å². The minimum absolute atomic E-state index is 0.357. The van der Waals surface area contributed by atoms with Crippen LogP contribution in [0.2, 0.25) is 0 Å². The lowest BCUT2D eigenvalue weighted by atomic mass is 9.90. The molecule has 2 N–H and O–H groups in total. The van der Waals surface area contributed by atoms with E-state index in [9.17, 15) is 9.90 Å². The molecule has 3 rings (SSSR count). The number of rotatable bonds is 3. The summed E-state index contributed by atoms with van der Waals surface area (Å²) in [5, 5.41) is 10.6. The Labute approximate surface area is 124 Å². The number of aromatic nitrogens is 1.